The van der Waals surface area contributed by atoms with Crippen molar-refractivity contribution in [2.45, 2.75) is 25.8 Å². The highest BCUT2D eigenvalue weighted by Crippen LogP contribution is 2.34. The molecule has 1 atom stereocenters. The summed E-state index contributed by atoms with van der Waals surface area (Å²) in [5, 5.41) is 19.7. The zero-order chi connectivity index (χ0) is 24.4. The first kappa shape index (κ1) is 22.9. The molecule has 0 fully saturated rings. The number of benzene rings is 2. The summed E-state index contributed by atoms with van der Waals surface area (Å²) in [7, 11) is 3.04. The Morgan fingerprint density at radius 2 is 1.79 bits per heavy atom. The number of allylic oxidation sites excluding steroid dienone is 1. The van der Waals surface area contributed by atoms with Crippen LogP contribution in [-0.4, -0.2) is 41.0 Å². The van der Waals surface area contributed by atoms with E-state index in [1.165, 1.54) is 26.0 Å². The van der Waals surface area contributed by atoms with E-state index in [-0.39, 0.29) is 11.3 Å². The second-order valence-corrected chi connectivity index (χ2v) is 8.15. The zero-order valence-electron chi connectivity index (χ0n) is 19.3. The van der Waals surface area contributed by atoms with Gasteiger partial charge in [0.1, 0.15) is 17.1 Å². The van der Waals surface area contributed by atoms with Crippen LogP contribution in [0.2, 0.25) is 0 Å². The Labute approximate surface area is 197 Å². The molecule has 0 saturated heterocycles. The van der Waals surface area contributed by atoms with Gasteiger partial charge in [0, 0.05) is 11.8 Å². The van der Waals surface area contributed by atoms with Crippen molar-refractivity contribution < 1.29 is 24.2 Å². The van der Waals surface area contributed by atoms with Crippen molar-refractivity contribution >= 4 is 23.4 Å². The molecule has 4 rings (SSSR count). The fourth-order valence-electron chi connectivity index (χ4n) is 3.81. The highest BCUT2D eigenvalue weighted by atomic mass is 16.5. The summed E-state index contributed by atoms with van der Waals surface area (Å²) in [6.07, 6.45) is 3.01. The normalized spacial score (nSPS) is 14.6. The van der Waals surface area contributed by atoms with Crippen molar-refractivity contribution in [3.63, 3.8) is 0 Å². The van der Waals surface area contributed by atoms with Crippen molar-refractivity contribution in [3.05, 3.63) is 77.1 Å². The maximum Gasteiger partial charge on any atom is 0.352 e. The van der Waals surface area contributed by atoms with Crippen LogP contribution in [-0.2, 0) is 4.79 Å². The third-order valence-electron chi connectivity index (χ3n) is 5.70. The third kappa shape index (κ3) is 4.32. The highest BCUT2D eigenvalue weighted by molar-refractivity contribution is 6.08. The molecule has 0 spiro atoms. The first-order chi connectivity index (χ1) is 16.3. The van der Waals surface area contributed by atoms with Gasteiger partial charge in [-0.05, 0) is 35.3 Å². The molecule has 0 aliphatic carbocycles. The Kier molecular flexibility index (Phi) is 6.27. The number of methoxy groups -OCH3 is 2. The molecule has 176 valence electrons. The molecule has 0 bridgehead atoms. The lowest BCUT2D eigenvalue weighted by Gasteiger charge is -2.24. The highest BCUT2D eigenvalue weighted by Gasteiger charge is 2.29. The number of nitrogens with one attached hydrogen (secondary N) is 2. The van der Waals surface area contributed by atoms with E-state index in [0.717, 1.165) is 5.56 Å². The number of anilines is 2. The van der Waals surface area contributed by atoms with Crippen LogP contribution in [0.1, 0.15) is 47.3 Å². The second-order valence-electron chi connectivity index (χ2n) is 8.15. The van der Waals surface area contributed by atoms with Gasteiger partial charge in [0.2, 0.25) is 0 Å². The molecular formula is C25H26N4O5. The predicted molar refractivity (Wildman–Crippen MR) is 128 cm³/mol. The molecule has 3 N–H and O–H groups in total. The fraction of sp³-hybridized carbons (Fsp3) is 0.240. The van der Waals surface area contributed by atoms with E-state index in [1.807, 2.05) is 24.3 Å². The van der Waals surface area contributed by atoms with Gasteiger partial charge in [-0.15, -0.1) is 0 Å². The summed E-state index contributed by atoms with van der Waals surface area (Å²) >= 11 is 0. The maximum absolute atomic E-state index is 13.1. The van der Waals surface area contributed by atoms with Gasteiger partial charge in [0.15, 0.2) is 11.5 Å². The number of hydrogen-bond acceptors (Lipinski definition) is 6. The van der Waals surface area contributed by atoms with Gasteiger partial charge in [-0.25, -0.2) is 9.48 Å². The number of carboxylic acid groups (broad SMARTS) is 1. The molecule has 0 radical (unpaired) electrons. The summed E-state index contributed by atoms with van der Waals surface area (Å²) in [5.41, 5.74) is 2.72. The van der Waals surface area contributed by atoms with Gasteiger partial charge in [-0.1, -0.05) is 38.1 Å². The van der Waals surface area contributed by atoms with Crippen molar-refractivity contribution in [2.75, 3.05) is 24.9 Å². The summed E-state index contributed by atoms with van der Waals surface area (Å²) in [6.45, 7) is 4.22. The summed E-state index contributed by atoms with van der Waals surface area (Å²) in [6, 6.07) is 12.5. The van der Waals surface area contributed by atoms with Gasteiger partial charge < -0.3 is 25.2 Å². The minimum absolute atomic E-state index is 0.0221. The molecule has 2 heterocycles. The van der Waals surface area contributed by atoms with Crippen LogP contribution >= 0.6 is 0 Å². The number of aromatic nitrogens is 2. The summed E-state index contributed by atoms with van der Waals surface area (Å²) in [4.78, 5) is 24.9. The van der Waals surface area contributed by atoms with Crippen LogP contribution in [0.4, 0.5) is 11.5 Å². The largest absolute Gasteiger partial charge is 0.493 e. The Morgan fingerprint density at radius 3 is 2.41 bits per heavy atom. The van der Waals surface area contributed by atoms with Crippen molar-refractivity contribution in [1.82, 2.24) is 9.78 Å². The first-order valence-electron chi connectivity index (χ1n) is 10.7. The third-order valence-corrected chi connectivity index (χ3v) is 5.70. The molecule has 34 heavy (non-hydrogen) atoms. The number of hydrogen-bond donors (Lipinski definition) is 3. The average molecular weight is 463 g/mol. The minimum Gasteiger partial charge on any atom is -0.493 e. The number of fused-ring (bicyclic) bond motifs is 1. The number of carboxylic acids is 1. The van der Waals surface area contributed by atoms with E-state index < -0.39 is 17.9 Å². The van der Waals surface area contributed by atoms with E-state index in [4.69, 9.17) is 9.47 Å². The Hall–Kier alpha value is -4.27. The van der Waals surface area contributed by atoms with Gasteiger partial charge in [-0.3, -0.25) is 4.79 Å². The first-order valence-corrected chi connectivity index (χ1v) is 10.7. The number of carbonyl (C=O) groups excluding carboxylic acids is 1. The molecule has 1 aromatic heterocycles. The van der Waals surface area contributed by atoms with Crippen LogP contribution in [0.25, 0.3) is 0 Å². The molecule has 1 aliphatic heterocycles. The molecule has 9 heteroatoms. The number of amides is 1. The average Bonchev–Trinajstić information content (AvgIpc) is 3.27. The molecule has 0 saturated carbocycles. The molecule has 2 aromatic carbocycles. The van der Waals surface area contributed by atoms with Crippen molar-refractivity contribution in [3.8, 4) is 11.5 Å². The fourth-order valence-corrected chi connectivity index (χ4v) is 3.81. The number of ether oxygens (including phenoxy) is 2. The van der Waals surface area contributed by atoms with E-state index >= 15 is 0 Å². The van der Waals surface area contributed by atoms with Crippen LogP contribution < -0.4 is 20.1 Å². The van der Waals surface area contributed by atoms with E-state index in [0.29, 0.717) is 28.9 Å². The minimum atomic E-state index is -1.12. The lowest BCUT2D eigenvalue weighted by Crippen LogP contribution is -2.25. The van der Waals surface area contributed by atoms with E-state index in [2.05, 4.69) is 29.6 Å². The van der Waals surface area contributed by atoms with Crippen LogP contribution in [0.5, 0.6) is 11.5 Å². The van der Waals surface area contributed by atoms with Crippen molar-refractivity contribution in [2.24, 2.45) is 0 Å². The lowest BCUT2D eigenvalue weighted by molar-refractivity contribution is -0.132. The van der Waals surface area contributed by atoms with Crippen LogP contribution in [0.3, 0.4) is 0 Å². The maximum atomic E-state index is 13.1. The Balaban J connectivity index is 1.67. The van der Waals surface area contributed by atoms with Crippen LogP contribution in [0.15, 0.2) is 60.4 Å². The molecule has 1 unspecified atom stereocenters. The molecule has 1 amide bonds. The van der Waals surface area contributed by atoms with Crippen molar-refractivity contribution in [1.29, 1.82) is 0 Å². The summed E-state index contributed by atoms with van der Waals surface area (Å²) in [5.74, 6) is 0.114. The van der Waals surface area contributed by atoms with E-state index in [1.54, 1.807) is 29.0 Å². The second kappa shape index (κ2) is 9.30. The van der Waals surface area contributed by atoms with Crippen LogP contribution in [0, 0.1) is 0 Å². The number of rotatable bonds is 7. The smallest absolute Gasteiger partial charge is 0.352 e. The Bertz CT molecular complexity index is 1260. The van der Waals surface area contributed by atoms with Gasteiger partial charge in [0.25, 0.3) is 5.91 Å². The van der Waals surface area contributed by atoms with Gasteiger partial charge in [-0.2, -0.15) is 5.10 Å². The number of aliphatic carboxylic acids is 1. The van der Waals surface area contributed by atoms with Gasteiger partial charge >= 0.3 is 5.97 Å². The zero-order valence-corrected chi connectivity index (χ0v) is 19.3. The van der Waals surface area contributed by atoms with E-state index in [9.17, 15) is 14.7 Å². The topological polar surface area (TPSA) is 115 Å². The molecular weight excluding hydrogens is 436 g/mol. The summed E-state index contributed by atoms with van der Waals surface area (Å²) < 4.78 is 12.1. The predicted octanol–water partition coefficient (Wildman–Crippen LogP) is 4.26. The SMILES string of the molecule is COc1ccc(NC(=O)c2cnn3c2NC(C(=O)O)=CC3c2ccc(C(C)C)cc2)cc1OC. The monoisotopic (exact) mass is 462 g/mol. The Morgan fingerprint density at radius 1 is 1.09 bits per heavy atom. The standard InChI is InChI=1S/C25H26N4O5/c1-14(2)15-5-7-16(8-6-15)20-12-19(25(31)32)28-23-18(13-26-29(20)23)24(30)27-17-9-10-21(33-3)22(11-17)34-4/h5-14,20,28H,1-4H3,(H,27,30)(H,31,32). The lowest BCUT2D eigenvalue weighted by atomic mass is 9.98. The quantitative estimate of drug-likeness (QED) is 0.481. The van der Waals surface area contributed by atoms with Gasteiger partial charge in [0.05, 0.1) is 26.5 Å². The number of carbonyl (C=O) groups is 2. The molecule has 3 aromatic rings. The number of nitrogens with zero attached hydrogens (tertiary/aromatic N) is 2. The molecule has 1 aliphatic rings. The molecule has 9 nitrogen and oxygen atoms in total.